The van der Waals surface area contributed by atoms with Crippen LogP contribution in [0.1, 0.15) is 24.2 Å². The second-order valence-electron chi connectivity index (χ2n) is 3.90. The summed E-state index contributed by atoms with van der Waals surface area (Å²) < 4.78 is 65.6. The van der Waals surface area contributed by atoms with E-state index in [9.17, 15) is 26.4 Å². The third-order valence-electron chi connectivity index (χ3n) is 2.53. The van der Waals surface area contributed by atoms with Crippen LogP contribution in [-0.2, 0) is 19.4 Å². The zero-order valence-corrected chi connectivity index (χ0v) is 11.4. The van der Waals surface area contributed by atoms with Crippen LogP contribution in [0.4, 0.5) is 13.2 Å². The van der Waals surface area contributed by atoms with Gasteiger partial charge < -0.3 is 4.74 Å². The van der Waals surface area contributed by atoms with Gasteiger partial charge in [0.1, 0.15) is 5.25 Å². The smallest absolute Gasteiger partial charge is 0.466 e. The fraction of sp³-hybridized carbons (Fsp3) is 0.417. The predicted octanol–water partition coefficient (Wildman–Crippen LogP) is 2.62. The lowest BCUT2D eigenvalue weighted by Gasteiger charge is -2.19. The van der Waals surface area contributed by atoms with E-state index >= 15 is 0 Å². The Hall–Kier alpha value is -1.57. The minimum Gasteiger partial charge on any atom is -0.466 e. The molecule has 1 rings (SSSR count). The van der Waals surface area contributed by atoms with Crippen LogP contribution in [0.2, 0.25) is 0 Å². The van der Waals surface area contributed by atoms with Crippen LogP contribution in [0.3, 0.4) is 0 Å². The summed E-state index contributed by atoms with van der Waals surface area (Å²) in [5.74, 6) is -0.992. The lowest BCUT2D eigenvalue weighted by molar-refractivity contribution is -0.143. The summed E-state index contributed by atoms with van der Waals surface area (Å²) in [4.78, 5) is 11.3. The summed E-state index contributed by atoms with van der Waals surface area (Å²) >= 11 is 0. The highest BCUT2D eigenvalue weighted by Crippen LogP contribution is 2.37. The molecule has 0 bridgehead atoms. The zero-order valence-electron chi connectivity index (χ0n) is 10.6. The van der Waals surface area contributed by atoms with E-state index in [0.29, 0.717) is 0 Å². The number of hydrogen-bond acceptors (Lipinski definition) is 4. The Morgan fingerprint density at radius 2 is 1.80 bits per heavy atom. The Labute approximate surface area is 114 Å². The van der Waals surface area contributed by atoms with Crippen LogP contribution in [0.15, 0.2) is 30.3 Å². The van der Waals surface area contributed by atoms with Gasteiger partial charge in [-0.05, 0) is 12.5 Å². The van der Waals surface area contributed by atoms with Crippen molar-refractivity contribution in [2.75, 3.05) is 6.61 Å². The molecule has 0 saturated carbocycles. The maximum atomic E-state index is 12.7. The Balaban J connectivity index is 3.19. The van der Waals surface area contributed by atoms with E-state index in [0.717, 1.165) is 0 Å². The summed E-state index contributed by atoms with van der Waals surface area (Å²) in [6.07, 6.45) is -0.875. The average Bonchev–Trinajstić information content (AvgIpc) is 2.36. The van der Waals surface area contributed by atoms with Crippen molar-refractivity contribution < 1.29 is 31.1 Å². The molecule has 0 aromatic heterocycles. The van der Waals surface area contributed by atoms with Crippen LogP contribution in [0, 0.1) is 0 Å². The van der Waals surface area contributed by atoms with E-state index in [4.69, 9.17) is 0 Å². The molecular formula is C12H13F3O4S. The molecule has 0 aliphatic rings. The molecule has 0 radical (unpaired) electrons. The van der Waals surface area contributed by atoms with E-state index in [1.807, 2.05) is 0 Å². The number of esters is 1. The molecule has 1 atom stereocenters. The molecule has 0 saturated heterocycles. The lowest BCUT2D eigenvalue weighted by atomic mass is 10.1. The van der Waals surface area contributed by atoms with Gasteiger partial charge in [0.2, 0.25) is 0 Å². The van der Waals surface area contributed by atoms with Gasteiger partial charge in [-0.1, -0.05) is 30.3 Å². The first-order chi connectivity index (χ1) is 9.20. The zero-order chi connectivity index (χ0) is 15.4. The van der Waals surface area contributed by atoms with Crippen molar-refractivity contribution in [2.24, 2.45) is 0 Å². The highest BCUT2D eigenvalue weighted by molar-refractivity contribution is 7.92. The number of alkyl halides is 3. The monoisotopic (exact) mass is 310 g/mol. The van der Waals surface area contributed by atoms with Crippen LogP contribution in [-0.4, -0.2) is 26.5 Å². The van der Waals surface area contributed by atoms with Gasteiger partial charge in [-0.2, -0.15) is 13.2 Å². The second kappa shape index (κ2) is 6.25. The molecule has 1 aromatic carbocycles. The maximum absolute atomic E-state index is 12.7. The third-order valence-corrected chi connectivity index (χ3v) is 4.36. The average molecular weight is 310 g/mol. The van der Waals surface area contributed by atoms with Crippen molar-refractivity contribution in [1.82, 2.24) is 0 Å². The van der Waals surface area contributed by atoms with Gasteiger partial charge in [-0.3, -0.25) is 4.79 Å². The normalized spacial score (nSPS) is 13.8. The molecule has 0 aliphatic heterocycles. The molecule has 0 heterocycles. The van der Waals surface area contributed by atoms with Gasteiger partial charge in [-0.25, -0.2) is 8.42 Å². The first kappa shape index (κ1) is 16.5. The fourth-order valence-corrected chi connectivity index (χ4v) is 2.80. The molecule has 0 fully saturated rings. The minimum atomic E-state index is -5.51. The standard InChI is InChI=1S/C12H13F3O4S/c1-2-19-11(16)8-10(9-6-4-3-5-7-9)20(17,18)12(13,14)15/h3-7,10H,2,8H2,1H3. The Morgan fingerprint density at radius 1 is 1.25 bits per heavy atom. The lowest BCUT2D eigenvalue weighted by Crippen LogP contribution is -2.31. The molecule has 4 nitrogen and oxygen atoms in total. The van der Waals surface area contributed by atoms with E-state index in [-0.39, 0.29) is 12.2 Å². The first-order valence-electron chi connectivity index (χ1n) is 5.71. The topological polar surface area (TPSA) is 60.4 Å². The van der Waals surface area contributed by atoms with Crippen molar-refractivity contribution >= 4 is 15.8 Å². The van der Waals surface area contributed by atoms with Crippen molar-refractivity contribution in [3.63, 3.8) is 0 Å². The van der Waals surface area contributed by atoms with E-state index in [2.05, 4.69) is 4.74 Å². The predicted molar refractivity (Wildman–Crippen MR) is 65.4 cm³/mol. The van der Waals surface area contributed by atoms with E-state index < -0.39 is 33.0 Å². The van der Waals surface area contributed by atoms with Gasteiger partial charge >= 0.3 is 11.5 Å². The highest BCUT2D eigenvalue weighted by Gasteiger charge is 2.51. The van der Waals surface area contributed by atoms with Gasteiger partial charge in [0.05, 0.1) is 13.0 Å². The number of carbonyl (C=O) groups excluding carboxylic acids is 1. The van der Waals surface area contributed by atoms with Crippen LogP contribution < -0.4 is 0 Å². The van der Waals surface area contributed by atoms with Crippen LogP contribution in [0.25, 0.3) is 0 Å². The van der Waals surface area contributed by atoms with Crippen molar-refractivity contribution in [3.8, 4) is 0 Å². The fourth-order valence-electron chi connectivity index (χ4n) is 1.61. The second-order valence-corrected chi connectivity index (χ2v) is 6.02. The molecular weight excluding hydrogens is 297 g/mol. The number of benzene rings is 1. The van der Waals surface area contributed by atoms with Crippen molar-refractivity contribution in [2.45, 2.75) is 24.1 Å². The molecule has 1 unspecified atom stereocenters. The van der Waals surface area contributed by atoms with E-state index in [1.54, 1.807) is 0 Å². The molecule has 0 amide bonds. The molecule has 1 aromatic rings. The van der Waals surface area contributed by atoms with Crippen LogP contribution >= 0.6 is 0 Å². The maximum Gasteiger partial charge on any atom is 0.498 e. The molecule has 112 valence electrons. The number of ether oxygens (including phenoxy) is 1. The van der Waals surface area contributed by atoms with Crippen LogP contribution in [0.5, 0.6) is 0 Å². The highest BCUT2D eigenvalue weighted by atomic mass is 32.2. The summed E-state index contributed by atoms with van der Waals surface area (Å²) in [6, 6.07) is 6.80. The summed E-state index contributed by atoms with van der Waals surface area (Å²) in [7, 11) is -5.51. The minimum absolute atomic E-state index is 0.0353. The number of halogens is 3. The largest absolute Gasteiger partial charge is 0.498 e. The summed E-state index contributed by atoms with van der Waals surface area (Å²) in [5.41, 5.74) is -5.53. The molecule has 0 aliphatic carbocycles. The quantitative estimate of drug-likeness (QED) is 0.784. The van der Waals surface area contributed by atoms with Crippen molar-refractivity contribution in [3.05, 3.63) is 35.9 Å². The Morgan fingerprint density at radius 3 is 2.25 bits per heavy atom. The van der Waals surface area contributed by atoms with Gasteiger partial charge in [0, 0.05) is 0 Å². The Bertz CT molecular complexity index is 552. The third kappa shape index (κ3) is 3.72. The Kier molecular flexibility index (Phi) is 5.15. The number of rotatable bonds is 5. The number of hydrogen-bond donors (Lipinski definition) is 0. The van der Waals surface area contributed by atoms with E-state index in [1.165, 1.54) is 37.3 Å². The molecule has 0 spiro atoms. The molecule has 8 heteroatoms. The summed E-state index contributed by atoms with van der Waals surface area (Å²) in [5, 5.41) is -2.00. The molecule has 20 heavy (non-hydrogen) atoms. The van der Waals surface area contributed by atoms with Gasteiger partial charge in [0.25, 0.3) is 9.84 Å². The summed E-state index contributed by atoms with van der Waals surface area (Å²) in [6.45, 7) is 1.44. The SMILES string of the molecule is CCOC(=O)CC(c1ccccc1)S(=O)(=O)C(F)(F)F. The molecule has 0 N–H and O–H groups in total. The van der Waals surface area contributed by atoms with Gasteiger partial charge in [-0.15, -0.1) is 0 Å². The number of carbonyl (C=O) groups is 1. The number of sulfone groups is 1. The van der Waals surface area contributed by atoms with Crippen molar-refractivity contribution in [1.29, 1.82) is 0 Å². The van der Waals surface area contributed by atoms with Gasteiger partial charge in [0.15, 0.2) is 0 Å². The first-order valence-corrected chi connectivity index (χ1v) is 7.25.